The highest BCUT2D eigenvalue weighted by atomic mass is 35.5. The second-order valence-electron chi connectivity index (χ2n) is 4.40. The Balaban J connectivity index is 2.61. The standard InChI is InChI=1S/C15H18ClNO3/c1-2-3-8-13(15(19)20)17-14(18)10-9-11-6-4-5-7-12(11)16/h4-7,9-10,13H,2-3,8H2,1H3,(H,17,18)(H,19,20)/b10-9+/t13-/m0/s1. The monoisotopic (exact) mass is 295 g/mol. The number of hydrogen-bond acceptors (Lipinski definition) is 2. The molecule has 0 fully saturated rings. The molecule has 1 aromatic rings. The van der Waals surface area contributed by atoms with Crippen LogP contribution in [0.15, 0.2) is 30.3 Å². The molecule has 0 saturated carbocycles. The minimum absolute atomic E-state index is 0.428. The first-order valence-corrected chi connectivity index (χ1v) is 6.88. The first-order chi connectivity index (χ1) is 9.54. The van der Waals surface area contributed by atoms with Crippen LogP contribution >= 0.6 is 11.6 Å². The lowest BCUT2D eigenvalue weighted by atomic mass is 10.1. The van der Waals surface area contributed by atoms with E-state index in [1.165, 1.54) is 6.08 Å². The second-order valence-corrected chi connectivity index (χ2v) is 4.80. The molecule has 2 N–H and O–H groups in total. The third kappa shape index (κ3) is 5.45. The molecular formula is C15H18ClNO3. The lowest BCUT2D eigenvalue weighted by Crippen LogP contribution is -2.39. The number of carboxylic acids is 1. The molecule has 0 aliphatic rings. The predicted octanol–water partition coefficient (Wildman–Crippen LogP) is 3.11. The molecule has 0 aliphatic carbocycles. The summed E-state index contributed by atoms with van der Waals surface area (Å²) >= 11 is 5.96. The number of aliphatic carboxylic acids is 1. The van der Waals surface area contributed by atoms with Crippen molar-refractivity contribution in [3.05, 3.63) is 40.9 Å². The van der Waals surface area contributed by atoms with Crippen molar-refractivity contribution in [2.24, 2.45) is 0 Å². The Bertz CT molecular complexity index is 500. The van der Waals surface area contributed by atoms with Gasteiger partial charge in [0.1, 0.15) is 6.04 Å². The molecule has 1 rings (SSSR count). The van der Waals surface area contributed by atoms with Crippen LogP contribution in [-0.4, -0.2) is 23.0 Å². The molecule has 1 aromatic carbocycles. The van der Waals surface area contributed by atoms with Crippen LogP contribution in [-0.2, 0) is 9.59 Å². The Hall–Kier alpha value is -1.81. The highest BCUT2D eigenvalue weighted by Crippen LogP contribution is 2.16. The highest BCUT2D eigenvalue weighted by molar-refractivity contribution is 6.32. The highest BCUT2D eigenvalue weighted by Gasteiger charge is 2.17. The third-order valence-corrected chi connectivity index (χ3v) is 3.12. The second kappa shape index (κ2) is 8.38. The van der Waals surface area contributed by atoms with Crippen molar-refractivity contribution in [1.29, 1.82) is 0 Å². The van der Waals surface area contributed by atoms with Crippen molar-refractivity contribution < 1.29 is 14.7 Å². The quantitative estimate of drug-likeness (QED) is 0.760. The number of unbranched alkanes of at least 4 members (excludes halogenated alkanes) is 1. The molecule has 1 atom stereocenters. The van der Waals surface area contributed by atoms with E-state index in [1.54, 1.807) is 24.3 Å². The minimum Gasteiger partial charge on any atom is -0.480 e. The first kappa shape index (κ1) is 16.2. The van der Waals surface area contributed by atoms with E-state index in [0.717, 1.165) is 12.8 Å². The zero-order chi connectivity index (χ0) is 15.0. The predicted molar refractivity (Wildman–Crippen MR) is 79.6 cm³/mol. The van der Waals surface area contributed by atoms with Gasteiger partial charge >= 0.3 is 5.97 Å². The van der Waals surface area contributed by atoms with E-state index in [1.807, 2.05) is 13.0 Å². The third-order valence-electron chi connectivity index (χ3n) is 2.78. The topological polar surface area (TPSA) is 66.4 Å². The summed E-state index contributed by atoms with van der Waals surface area (Å²) in [7, 11) is 0. The van der Waals surface area contributed by atoms with E-state index in [0.29, 0.717) is 17.0 Å². The Morgan fingerprint density at radius 3 is 2.70 bits per heavy atom. The summed E-state index contributed by atoms with van der Waals surface area (Å²) < 4.78 is 0. The van der Waals surface area contributed by atoms with Crippen LogP contribution in [0.4, 0.5) is 0 Å². The molecule has 4 nitrogen and oxygen atoms in total. The number of benzene rings is 1. The molecule has 1 amide bonds. The summed E-state index contributed by atoms with van der Waals surface area (Å²) in [6.07, 6.45) is 4.93. The van der Waals surface area contributed by atoms with Gasteiger partial charge in [-0.3, -0.25) is 4.79 Å². The average Bonchev–Trinajstić information content (AvgIpc) is 2.42. The molecule has 0 heterocycles. The lowest BCUT2D eigenvalue weighted by molar-refractivity contribution is -0.141. The molecule has 0 unspecified atom stereocenters. The van der Waals surface area contributed by atoms with E-state index < -0.39 is 17.9 Å². The van der Waals surface area contributed by atoms with Crippen LogP contribution in [0, 0.1) is 0 Å². The normalized spacial score (nSPS) is 12.3. The maximum absolute atomic E-state index is 11.7. The van der Waals surface area contributed by atoms with Crippen LogP contribution in [0.2, 0.25) is 5.02 Å². The van der Waals surface area contributed by atoms with Gasteiger partial charge in [-0.2, -0.15) is 0 Å². The molecule has 5 heteroatoms. The van der Waals surface area contributed by atoms with Crippen LogP contribution in [0.5, 0.6) is 0 Å². The molecule has 0 aliphatic heterocycles. The fraction of sp³-hybridized carbons (Fsp3) is 0.333. The zero-order valence-corrected chi connectivity index (χ0v) is 12.1. The SMILES string of the molecule is CCCC[C@H](NC(=O)/C=C/c1ccccc1Cl)C(=O)O. The summed E-state index contributed by atoms with van der Waals surface area (Å²) in [5, 5.41) is 12.0. The average molecular weight is 296 g/mol. The molecular weight excluding hydrogens is 278 g/mol. The molecule has 0 saturated heterocycles. The summed E-state index contributed by atoms with van der Waals surface area (Å²) in [4.78, 5) is 22.7. The molecule has 0 radical (unpaired) electrons. The zero-order valence-electron chi connectivity index (χ0n) is 11.3. The first-order valence-electron chi connectivity index (χ1n) is 6.50. The molecule has 0 aromatic heterocycles. The van der Waals surface area contributed by atoms with Crippen molar-refractivity contribution in [1.82, 2.24) is 5.32 Å². The molecule has 0 spiro atoms. The van der Waals surface area contributed by atoms with Crippen molar-refractivity contribution >= 4 is 29.6 Å². The van der Waals surface area contributed by atoms with Gasteiger partial charge in [-0.05, 0) is 24.1 Å². The number of carbonyl (C=O) groups is 2. The smallest absolute Gasteiger partial charge is 0.326 e. The van der Waals surface area contributed by atoms with Crippen LogP contribution < -0.4 is 5.32 Å². The largest absolute Gasteiger partial charge is 0.480 e. The number of carboxylic acid groups (broad SMARTS) is 1. The van der Waals surface area contributed by atoms with E-state index in [2.05, 4.69) is 5.32 Å². The van der Waals surface area contributed by atoms with Gasteiger partial charge in [0, 0.05) is 11.1 Å². The lowest BCUT2D eigenvalue weighted by Gasteiger charge is -2.12. The number of carbonyl (C=O) groups excluding carboxylic acids is 1. The molecule has 20 heavy (non-hydrogen) atoms. The Morgan fingerprint density at radius 2 is 2.10 bits per heavy atom. The van der Waals surface area contributed by atoms with E-state index in [4.69, 9.17) is 16.7 Å². The number of nitrogens with one attached hydrogen (secondary N) is 1. The van der Waals surface area contributed by atoms with Crippen LogP contribution in [0.25, 0.3) is 6.08 Å². The van der Waals surface area contributed by atoms with Gasteiger partial charge in [-0.15, -0.1) is 0 Å². The number of halogens is 1. The van der Waals surface area contributed by atoms with Gasteiger partial charge in [0.25, 0.3) is 0 Å². The Kier molecular flexibility index (Phi) is 6.81. The van der Waals surface area contributed by atoms with Gasteiger partial charge in [0.15, 0.2) is 0 Å². The fourth-order valence-electron chi connectivity index (χ4n) is 1.66. The Labute approximate surface area is 123 Å². The number of rotatable bonds is 7. The summed E-state index contributed by atoms with van der Waals surface area (Å²) in [5.41, 5.74) is 0.713. The molecule has 108 valence electrons. The number of amides is 1. The van der Waals surface area contributed by atoms with E-state index >= 15 is 0 Å². The minimum atomic E-state index is -1.02. The fourth-order valence-corrected chi connectivity index (χ4v) is 1.86. The summed E-state index contributed by atoms with van der Waals surface area (Å²) in [5.74, 6) is -1.45. The van der Waals surface area contributed by atoms with Crippen LogP contribution in [0.1, 0.15) is 31.7 Å². The van der Waals surface area contributed by atoms with Gasteiger partial charge in [-0.25, -0.2) is 4.79 Å². The Morgan fingerprint density at radius 1 is 1.40 bits per heavy atom. The van der Waals surface area contributed by atoms with E-state index in [-0.39, 0.29) is 0 Å². The van der Waals surface area contributed by atoms with E-state index in [9.17, 15) is 9.59 Å². The van der Waals surface area contributed by atoms with Gasteiger partial charge in [-0.1, -0.05) is 49.6 Å². The van der Waals surface area contributed by atoms with Gasteiger partial charge in [0.2, 0.25) is 5.91 Å². The summed E-state index contributed by atoms with van der Waals surface area (Å²) in [6.45, 7) is 1.97. The summed E-state index contributed by atoms with van der Waals surface area (Å²) in [6, 6.07) is 6.26. The van der Waals surface area contributed by atoms with Gasteiger partial charge < -0.3 is 10.4 Å². The van der Waals surface area contributed by atoms with Crippen molar-refractivity contribution in [3.63, 3.8) is 0 Å². The van der Waals surface area contributed by atoms with Crippen molar-refractivity contribution in [3.8, 4) is 0 Å². The van der Waals surface area contributed by atoms with Crippen LogP contribution in [0.3, 0.4) is 0 Å². The van der Waals surface area contributed by atoms with Crippen molar-refractivity contribution in [2.75, 3.05) is 0 Å². The van der Waals surface area contributed by atoms with Crippen molar-refractivity contribution in [2.45, 2.75) is 32.2 Å². The number of hydrogen-bond donors (Lipinski definition) is 2. The maximum atomic E-state index is 11.7. The van der Waals surface area contributed by atoms with Gasteiger partial charge in [0.05, 0.1) is 0 Å². The maximum Gasteiger partial charge on any atom is 0.326 e. The molecule has 0 bridgehead atoms.